The fraction of sp³-hybridized carbons (Fsp3) is 0.500. The minimum atomic E-state index is 0. The van der Waals surface area contributed by atoms with Gasteiger partial charge in [-0.15, -0.1) is 24.0 Å². The van der Waals surface area contributed by atoms with E-state index < -0.39 is 0 Å². The number of guanidine groups is 1. The molecule has 1 heterocycles. The highest BCUT2D eigenvalue weighted by Gasteiger charge is 2.38. The molecule has 6 heteroatoms. The summed E-state index contributed by atoms with van der Waals surface area (Å²) in [5, 5.41) is 7.04. The Morgan fingerprint density at radius 1 is 1.03 bits per heavy atom. The third-order valence-electron chi connectivity index (χ3n) is 6.62. The maximum atomic E-state index is 6.07. The number of nitrogens with one attached hydrogen (secondary N) is 2. The van der Waals surface area contributed by atoms with Crippen LogP contribution in [0.5, 0.6) is 0 Å². The third-order valence-corrected chi connectivity index (χ3v) is 6.62. The summed E-state index contributed by atoms with van der Waals surface area (Å²) in [6, 6.07) is 19.5. The maximum Gasteiger partial charge on any atom is 0.191 e. The van der Waals surface area contributed by atoms with Crippen LogP contribution in [0.4, 0.5) is 0 Å². The summed E-state index contributed by atoms with van der Waals surface area (Å²) in [6.07, 6.45) is 6.07. The molecule has 5 nitrogen and oxygen atoms in total. The lowest BCUT2D eigenvalue weighted by Gasteiger charge is -2.43. The molecule has 4 rings (SSSR count). The molecular weight excluding hydrogens is 513 g/mol. The van der Waals surface area contributed by atoms with E-state index in [0.29, 0.717) is 12.7 Å². The van der Waals surface area contributed by atoms with Crippen molar-refractivity contribution in [3.63, 3.8) is 0 Å². The summed E-state index contributed by atoms with van der Waals surface area (Å²) in [4.78, 5) is 4.44. The molecule has 1 aliphatic carbocycles. The fourth-order valence-corrected chi connectivity index (χ4v) is 4.51. The lowest BCUT2D eigenvalue weighted by Crippen LogP contribution is -2.48. The van der Waals surface area contributed by atoms with Crippen molar-refractivity contribution in [1.29, 1.82) is 0 Å². The zero-order chi connectivity index (χ0) is 21.4. The second-order valence-electron chi connectivity index (χ2n) is 8.72. The van der Waals surface area contributed by atoms with Crippen LogP contribution in [0.25, 0.3) is 0 Å². The van der Waals surface area contributed by atoms with E-state index in [1.165, 1.54) is 36.0 Å². The Morgan fingerprint density at radius 2 is 1.78 bits per heavy atom. The van der Waals surface area contributed by atoms with E-state index in [1.54, 1.807) is 0 Å². The van der Waals surface area contributed by atoms with E-state index in [4.69, 9.17) is 9.47 Å². The Hall–Kier alpha value is -1.64. The van der Waals surface area contributed by atoms with Gasteiger partial charge in [-0.05, 0) is 42.4 Å². The van der Waals surface area contributed by atoms with Crippen molar-refractivity contribution in [3.05, 3.63) is 71.3 Å². The highest BCUT2D eigenvalue weighted by molar-refractivity contribution is 14.0. The summed E-state index contributed by atoms with van der Waals surface area (Å²) in [6.45, 7) is 3.93. The Labute approximate surface area is 209 Å². The van der Waals surface area contributed by atoms with Gasteiger partial charge in [-0.3, -0.25) is 4.99 Å². The molecule has 0 bridgehead atoms. The Kier molecular flexibility index (Phi) is 9.81. The van der Waals surface area contributed by atoms with Gasteiger partial charge in [-0.25, -0.2) is 0 Å². The number of ether oxygens (including phenoxy) is 2. The first kappa shape index (κ1) is 25.0. The minimum absolute atomic E-state index is 0. The number of halogens is 1. The summed E-state index contributed by atoms with van der Waals surface area (Å²) in [5.74, 6) is 0.853. The van der Waals surface area contributed by atoms with Gasteiger partial charge in [-0.1, -0.05) is 61.0 Å². The van der Waals surface area contributed by atoms with E-state index in [0.717, 1.165) is 45.1 Å². The number of rotatable bonds is 8. The number of nitrogens with zero attached hydrogens (tertiary/aromatic N) is 1. The molecule has 1 aliphatic heterocycles. The van der Waals surface area contributed by atoms with Gasteiger partial charge in [0.25, 0.3) is 0 Å². The minimum Gasteiger partial charge on any atom is -0.381 e. The van der Waals surface area contributed by atoms with Crippen molar-refractivity contribution in [2.75, 3.05) is 26.8 Å². The molecule has 32 heavy (non-hydrogen) atoms. The Balaban J connectivity index is 0.00000289. The van der Waals surface area contributed by atoms with Gasteiger partial charge < -0.3 is 20.1 Å². The van der Waals surface area contributed by atoms with Gasteiger partial charge in [0.05, 0.1) is 12.7 Å². The lowest BCUT2D eigenvalue weighted by molar-refractivity contribution is -0.0390. The zero-order valence-corrected chi connectivity index (χ0v) is 21.3. The molecule has 0 unspecified atom stereocenters. The van der Waals surface area contributed by atoms with E-state index in [1.807, 2.05) is 7.05 Å². The van der Waals surface area contributed by atoms with Gasteiger partial charge >= 0.3 is 0 Å². The van der Waals surface area contributed by atoms with Gasteiger partial charge in [0.1, 0.15) is 0 Å². The van der Waals surface area contributed by atoms with Crippen molar-refractivity contribution in [3.8, 4) is 0 Å². The highest BCUT2D eigenvalue weighted by Crippen LogP contribution is 2.43. The second kappa shape index (κ2) is 12.6. The van der Waals surface area contributed by atoms with Crippen LogP contribution in [-0.2, 0) is 28.0 Å². The summed E-state index contributed by atoms with van der Waals surface area (Å²) in [5.41, 5.74) is 4.12. The van der Waals surface area contributed by atoms with Crippen LogP contribution in [0.1, 0.15) is 48.8 Å². The van der Waals surface area contributed by atoms with Gasteiger partial charge in [0, 0.05) is 38.8 Å². The summed E-state index contributed by atoms with van der Waals surface area (Å²) >= 11 is 0. The molecule has 1 saturated carbocycles. The van der Waals surface area contributed by atoms with Crippen molar-refractivity contribution < 1.29 is 9.47 Å². The van der Waals surface area contributed by atoms with Gasteiger partial charge in [-0.2, -0.15) is 0 Å². The molecule has 0 aromatic heterocycles. The van der Waals surface area contributed by atoms with Crippen molar-refractivity contribution in [2.45, 2.75) is 56.8 Å². The smallest absolute Gasteiger partial charge is 0.191 e. The van der Waals surface area contributed by atoms with E-state index in [2.05, 4.69) is 70.2 Å². The van der Waals surface area contributed by atoms with Crippen LogP contribution in [0.3, 0.4) is 0 Å². The van der Waals surface area contributed by atoms with Crippen LogP contribution in [0, 0.1) is 0 Å². The normalized spacial score (nSPS) is 18.3. The molecule has 174 valence electrons. The van der Waals surface area contributed by atoms with Crippen molar-refractivity contribution >= 4 is 29.9 Å². The van der Waals surface area contributed by atoms with Gasteiger partial charge in [0.2, 0.25) is 0 Å². The molecule has 0 radical (unpaired) electrons. The van der Waals surface area contributed by atoms with Crippen molar-refractivity contribution in [1.82, 2.24) is 10.6 Å². The molecule has 0 atom stereocenters. The predicted molar refractivity (Wildman–Crippen MR) is 141 cm³/mol. The predicted octanol–water partition coefficient (Wildman–Crippen LogP) is 4.79. The quantitative estimate of drug-likeness (QED) is 0.283. The van der Waals surface area contributed by atoms with Crippen LogP contribution in [-0.4, -0.2) is 38.9 Å². The Morgan fingerprint density at radius 3 is 2.47 bits per heavy atom. The molecule has 2 aromatic carbocycles. The molecule has 0 spiro atoms. The number of aliphatic imine (C=N–C) groups is 1. The molecule has 2 aromatic rings. The first-order valence-electron chi connectivity index (χ1n) is 11.5. The topological polar surface area (TPSA) is 54.9 Å². The number of hydrogen-bond acceptors (Lipinski definition) is 3. The average Bonchev–Trinajstić information content (AvgIpc) is 2.80. The monoisotopic (exact) mass is 549 g/mol. The highest BCUT2D eigenvalue weighted by atomic mass is 127. The third kappa shape index (κ3) is 6.68. The molecule has 2 N–H and O–H groups in total. The molecule has 1 saturated heterocycles. The molecular formula is C26H36IN3O2. The summed E-state index contributed by atoms with van der Waals surface area (Å²) < 4.78 is 11.5. The average molecular weight is 549 g/mol. The largest absolute Gasteiger partial charge is 0.381 e. The lowest BCUT2D eigenvalue weighted by atomic mass is 9.64. The summed E-state index contributed by atoms with van der Waals surface area (Å²) in [7, 11) is 1.84. The SMILES string of the molecule is CN=C(NCc1cccc(COC2CCOCC2)c1)NCC1(c2ccccc2)CCC1.I. The molecule has 0 amide bonds. The van der Waals surface area contributed by atoms with E-state index in [9.17, 15) is 0 Å². The second-order valence-corrected chi connectivity index (χ2v) is 8.72. The fourth-order valence-electron chi connectivity index (χ4n) is 4.51. The standard InChI is InChI=1S/C26H35N3O2.HI/c1-27-25(29-20-26(13-6-14-26)23-9-3-2-4-10-23)28-18-21-7-5-8-22(17-21)19-31-24-11-15-30-16-12-24;/h2-5,7-10,17,24H,6,11-16,18-20H2,1H3,(H2,27,28,29);1H. The van der Waals surface area contributed by atoms with Crippen LogP contribution < -0.4 is 10.6 Å². The first-order valence-corrected chi connectivity index (χ1v) is 11.5. The maximum absolute atomic E-state index is 6.07. The van der Waals surface area contributed by atoms with Crippen LogP contribution in [0.2, 0.25) is 0 Å². The molecule has 2 aliphatic rings. The number of hydrogen-bond donors (Lipinski definition) is 2. The van der Waals surface area contributed by atoms with E-state index >= 15 is 0 Å². The van der Waals surface area contributed by atoms with Crippen LogP contribution in [0.15, 0.2) is 59.6 Å². The van der Waals surface area contributed by atoms with Crippen molar-refractivity contribution in [2.24, 2.45) is 4.99 Å². The first-order chi connectivity index (χ1) is 15.3. The number of benzene rings is 2. The Bertz CT molecular complexity index is 849. The van der Waals surface area contributed by atoms with E-state index in [-0.39, 0.29) is 29.4 Å². The van der Waals surface area contributed by atoms with Crippen LogP contribution >= 0.6 is 24.0 Å². The van der Waals surface area contributed by atoms with Gasteiger partial charge in [0.15, 0.2) is 5.96 Å². The molecule has 2 fully saturated rings. The zero-order valence-electron chi connectivity index (χ0n) is 19.0.